The highest BCUT2D eigenvalue weighted by atomic mass is 16.5. The van der Waals surface area contributed by atoms with E-state index in [0.717, 1.165) is 24.2 Å². The van der Waals surface area contributed by atoms with Crippen LogP contribution in [0.15, 0.2) is 18.2 Å². The minimum absolute atomic E-state index is 0.00467. The number of amides is 1. The lowest BCUT2D eigenvalue weighted by Crippen LogP contribution is -2.37. The van der Waals surface area contributed by atoms with Gasteiger partial charge in [-0.25, -0.2) is 4.79 Å². The Kier molecular flexibility index (Phi) is 4.66. The van der Waals surface area contributed by atoms with Gasteiger partial charge in [-0.2, -0.15) is 5.26 Å². The van der Waals surface area contributed by atoms with Crippen LogP contribution in [0.4, 0.5) is 10.5 Å². The van der Waals surface area contributed by atoms with Crippen molar-refractivity contribution in [3.8, 4) is 6.07 Å². The lowest BCUT2D eigenvalue weighted by molar-refractivity contribution is 0.167. The summed E-state index contributed by atoms with van der Waals surface area (Å²) in [5.41, 5.74) is 2.18. The zero-order valence-electron chi connectivity index (χ0n) is 12.2. The van der Waals surface area contributed by atoms with Gasteiger partial charge in [-0.15, -0.1) is 0 Å². The van der Waals surface area contributed by atoms with E-state index in [4.69, 9.17) is 5.26 Å². The number of benzene rings is 1. The van der Waals surface area contributed by atoms with Gasteiger partial charge in [-0.05, 0) is 25.5 Å². The summed E-state index contributed by atoms with van der Waals surface area (Å²) in [6.45, 7) is 3.08. The molecule has 21 heavy (non-hydrogen) atoms. The van der Waals surface area contributed by atoms with Gasteiger partial charge in [0.05, 0.1) is 30.9 Å². The van der Waals surface area contributed by atoms with Crippen molar-refractivity contribution in [1.29, 1.82) is 5.26 Å². The molecule has 6 heteroatoms. The minimum Gasteiger partial charge on any atom is -0.453 e. The molecular formula is C15H19N3O3. The Morgan fingerprint density at radius 1 is 1.62 bits per heavy atom. The summed E-state index contributed by atoms with van der Waals surface area (Å²) in [6, 6.07) is 7.37. The van der Waals surface area contributed by atoms with Gasteiger partial charge in [0.25, 0.3) is 0 Å². The van der Waals surface area contributed by atoms with E-state index in [1.54, 1.807) is 25.1 Å². The van der Waals surface area contributed by atoms with Crippen molar-refractivity contribution in [2.75, 3.05) is 25.1 Å². The van der Waals surface area contributed by atoms with Crippen LogP contribution in [0.25, 0.3) is 0 Å². The largest absolute Gasteiger partial charge is 0.453 e. The highest BCUT2D eigenvalue weighted by Crippen LogP contribution is 2.30. The summed E-state index contributed by atoms with van der Waals surface area (Å²) < 4.78 is 4.60. The summed E-state index contributed by atoms with van der Waals surface area (Å²) in [6.07, 6.45) is -0.255. The van der Waals surface area contributed by atoms with E-state index in [2.05, 4.69) is 21.0 Å². The maximum atomic E-state index is 11.3. The number of alkyl carbamates (subject to hydrolysis) is 1. The molecule has 6 nitrogen and oxygen atoms in total. The number of aliphatic hydroxyl groups is 1. The van der Waals surface area contributed by atoms with E-state index in [-0.39, 0.29) is 6.04 Å². The molecule has 1 unspecified atom stereocenters. The Labute approximate surface area is 123 Å². The summed E-state index contributed by atoms with van der Waals surface area (Å²) in [4.78, 5) is 13.3. The highest BCUT2D eigenvalue weighted by molar-refractivity contribution is 5.68. The maximum absolute atomic E-state index is 11.3. The first kappa shape index (κ1) is 15.1. The monoisotopic (exact) mass is 289 g/mol. The third-order valence-electron chi connectivity index (χ3n) is 3.65. The van der Waals surface area contributed by atoms with Crippen molar-refractivity contribution in [2.45, 2.75) is 25.5 Å². The molecule has 2 atom stereocenters. The SMILES string of the molecule is COC(=O)NC1CCN(c2cc(C#N)ccc2[C@H](C)O)C1. The molecule has 2 rings (SSSR count). The normalized spacial score (nSPS) is 19.0. The molecule has 112 valence electrons. The van der Waals surface area contributed by atoms with E-state index in [1.165, 1.54) is 7.11 Å². The molecule has 1 amide bonds. The van der Waals surface area contributed by atoms with Crippen LogP contribution >= 0.6 is 0 Å². The maximum Gasteiger partial charge on any atom is 0.407 e. The number of nitrogens with one attached hydrogen (secondary N) is 1. The van der Waals surface area contributed by atoms with E-state index in [1.807, 2.05) is 0 Å². The molecule has 0 radical (unpaired) electrons. The number of hydrogen-bond donors (Lipinski definition) is 2. The van der Waals surface area contributed by atoms with Gasteiger partial charge in [-0.1, -0.05) is 6.07 Å². The zero-order chi connectivity index (χ0) is 15.4. The number of carbonyl (C=O) groups excluding carboxylic acids is 1. The van der Waals surface area contributed by atoms with Crippen molar-refractivity contribution in [3.63, 3.8) is 0 Å². The Hall–Kier alpha value is -2.26. The average molecular weight is 289 g/mol. The molecule has 0 saturated carbocycles. The molecule has 1 aliphatic heterocycles. The van der Waals surface area contributed by atoms with Crippen LogP contribution in [-0.2, 0) is 4.74 Å². The summed E-state index contributed by atoms with van der Waals surface area (Å²) in [7, 11) is 1.34. The molecular weight excluding hydrogens is 270 g/mol. The fourth-order valence-corrected chi connectivity index (χ4v) is 2.56. The topological polar surface area (TPSA) is 85.6 Å². The second-order valence-corrected chi connectivity index (χ2v) is 5.13. The third-order valence-corrected chi connectivity index (χ3v) is 3.65. The van der Waals surface area contributed by atoms with E-state index >= 15 is 0 Å². The van der Waals surface area contributed by atoms with Crippen molar-refractivity contribution in [3.05, 3.63) is 29.3 Å². The van der Waals surface area contributed by atoms with Crippen molar-refractivity contribution < 1.29 is 14.6 Å². The first-order valence-electron chi connectivity index (χ1n) is 6.86. The first-order valence-corrected chi connectivity index (χ1v) is 6.86. The number of hydrogen-bond acceptors (Lipinski definition) is 5. The molecule has 0 aliphatic carbocycles. The van der Waals surface area contributed by atoms with E-state index in [0.29, 0.717) is 12.1 Å². The third kappa shape index (κ3) is 3.44. The van der Waals surface area contributed by atoms with Crippen LogP contribution in [0.1, 0.15) is 30.6 Å². The first-order chi connectivity index (χ1) is 10.0. The zero-order valence-corrected chi connectivity index (χ0v) is 12.2. The van der Waals surface area contributed by atoms with Crippen molar-refractivity contribution in [2.24, 2.45) is 0 Å². The molecule has 0 spiro atoms. The predicted molar refractivity (Wildman–Crippen MR) is 77.9 cm³/mol. The molecule has 1 aromatic carbocycles. The summed E-state index contributed by atoms with van der Waals surface area (Å²) >= 11 is 0. The quantitative estimate of drug-likeness (QED) is 0.881. The van der Waals surface area contributed by atoms with Gasteiger partial charge in [0, 0.05) is 24.3 Å². The second-order valence-electron chi connectivity index (χ2n) is 5.13. The molecule has 1 heterocycles. The van der Waals surface area contributed by atoms with Gasteiger partial charge in [0.2, 0.25) is 0 Å². The van der Waals surface area contributed by atoms with Crippen LogP contribution in [0.2, 0.25) is 0 Å². The number of nitriles is 1. The molecule has 1 aliphatic rings. The number of ether oxygens (including phenoxy) is 1. The van der Waals surface area contributed by atoms with Crippen LogP contribution in [0.3, 0.4) is 0 Å². The van der Waals surface area contributed by atoms with Gasteiger partial charge in [-0.3, -0.25) is 0 Å². The number of anilines is 1. The highest BCUT2D eigenvalue weighted by Gasteiger charge is 2.26. The summed E-state index contributed by atoms with van der Waals surface area (Å²) in [5, 5.41) is 21.7. The second kappa shape index (κ2) is 6.46. The molecule has 0 bridgehead atoms. The van der Waals surface area contributed by atoms with Gasteiger partial charge >= 0.3 is 6.09 Å². The number of aliphatic hydroxyl groups excluding tert-OH is 1. The average Bonchev–Trinajstić information content (AvgIpc) is 2.94. The fraction of sp³-hybridized carbons (Fsp3) is 0.467. The number of carbonyl (C=O) groups is 1. The van der Waals surface area contributed by atoms with Crippen LogP contribution < -0.4 is 10.2 Å². The lowest BCUT2D eigenvalue weighted by atomic mass is 10.0. The van der Waals surface area contributed by atoms with Gasteiger partial charge < -0.3 is 20.1 Å². The van der Waals surface area contributed by atoms with Crippen molar-refractivity contribution in [1.82, 2.24) is 5.32 Å². The minimum atomic E-state index is -0.611. The van der Waals surface area contributed by atoms with E-state index < -0.39 is 12.2 Å². The van der Waals surface area contributed by atoms with Crippen LogP contribution in [0.5, 0.6) is 0 Å². The molecule has 2 N–H and O–H groups in total. The Morgan fingerprint density at radius 2 is 2.38 bits per heavy atom. The fourth-order valence-electron chi connectivity index (χ4n) is 2.56. The molecule has 1 saturated heterocycles. The van der Waals surface area contributed by atoms with Crippen LogP contribution in [-0.4, -0.2) is 37.4 Å². The number of methoxy groups -OCH3 is 1. The summed E-state index contributed by atoms with van der Waals surface area (Å²) in [5.74, 6) is 0. The smallest absolute Gasteiger partial charge is 0.407 e. The standard InChI is InChI=1S/C15H19N3O3/c1-10(19)13-4-3-11(8-16)7-14(13)18-6-5-12(9-18)17-15(20)21-2/h3-4,7,10,12,19H,5-6,9H2,1-2H3,(H,17,20)/t10-,12?/m0/s1. The number of nitrogens with zero attached hydrogens (tertiary/aromatic N) is 2. The van der Waals surface area contributed by atoms with Crippen LogP contribution in [0, 0.1) is 11.3 Å². The lowest BCUT2D eigenvalue weighted by Gasteiger charge is -2.23. The molecule has 1 fully saturated rings. The Morgan fingerprint density at radius 3 is 3.00 bits per heavy atom. The molecule has 1 aromatic rings. The van der Waals surface area contributed by atoms with E-state index in [9.17, 15) is 9.90 Å². The molecule has 0 aromatic heterocycles. The number of rotatable bonds is 3. The van der Waals surface area contributed by atoms with Gasteiger partial charge in [0.15, 0.2) is 0 Å². The predicted octanol–water partition coefficient (Wildman–Crippen LogP) is 1.55. The Bertz CT molecular complexity index is 566. The Balaban J connectivity index is 2.18. The van der Waals surface area contributed by atoms with Crippen molar-refractivity contribution >= 4 is 11.8 Å². The van der Waals surface area contributed by atoms with Gasteiger partial charge in [0.1, 0.15) is 0 Å².